The lowest BCUT2D eigenvalue weighted by molar-refractivity contribution is 0.612. The van der Waals surface area contributed by atoms with Crippen LogP contribution in [0.25, 0.3) is 0 Å². The van der Waals surface area contributed by atoms with Crippen molar-refractivity contribution in [2.45, 2.75) is 19.5 Å². The average Bonchev–Trinajstić information content (AvgIpc) is 2.82. The Kier molecular flexibility index (Phi) is 2.97. The molecule has 18 heavy (non-hydrogen) atoms. The number of halogens is 2. The van der Waals surface area contributed by atoms with Crippen molar-refractivity contribution in [2.75, 3.05) is 0 Å². The standard InChI is InChI=1S/C13H11ClFN3/c14-10-3-1-2-8(13(10)15)4-12-17-6-9-5-16-7-11(9)18-12/h1-3,6,16H,4-5,7H2. The zero-order valence-corrected chi connectivity index (χ0v) is 10.3. The molecule has 2 aromatic rings. The first-order chi connectivity index (χ1) is 8.74. The molecule has 3 nitrogen and oxygen atoms in total. The number of aromatic nitrogens is 2. The van der Waals surface area contributed by atoms with Crippen LogP contribution in [0.3, 0.4) is 0 Å². The maximum Gasteiger partial charge on any atom is 0.145 e. The Hall–Kier alpha value is -1.52. The van der Waals surface area contributed by atoms with Crippen LogP contribution in [-0.4, -0.2) is 9.97 Å². The Bertz CT molecular complexity index is 601. The smallest absolute Gasteiger partial charge is 0.145 e. The molecule has 5 heteroatoms. The van der Waals surface area contributed by atoms with Crippen LogP contribution in [0.4, 0.5) is 4.39 Å². The van der Waals surface area contributed by atoms with Crippen LogP contribution < -0.4 is 5.32 Å². The van der Waals surface area contributed by atoms with Crippen molar-refractivity contribution >= 4 is 11.6 Å². The lowest BCUT2D eigenvalue weighted by Gasteiger charge is -2.05. The largest absolute Gasteiger partial charge is 0.307 e. The van der Waals surface area contributed by atoms with Crippen LogP contribution in [0.5, 0.6) is 0 Å². The van der Waals surface area contributed by atoms with Crippen molar-refractivity contribution in [3.8, 4) is 0 Å². The van der Waals surface area contributed by atoms with Crippen LogP contribution in [0, 0.1) is 5.82 Å². The summed E-state index contributed by atoms with van der Waals surface area (Å²) < 4.78 is 13.8. The van der Waals surface area contributed by atoms with Gasteiger partial charge in [-0.3, -0.25) is 0 Å². The van der Waals surface area contributed by atoms with E-state index in [2.05, 4.69) is 15.3 Å². The first-order valence-corrected chi connectivity index (χ1v) is 6.09. The van der Waals surface area contributed by atoms with Crippen molar-refractivity contribution in [3.63, 3.8) is 0 Å². The van der Waals surface area contributed by atoms with E-state index >= 15 is 0 Å². The van der Waals surface area contributed by atoms with Gasteiger partial charge in [0.25, 0.3) is 0 Å². The minimum atomic E-state index is -0.388. The number of nitrogens with zero attached hydrogens (tertiary/aromatic N) is 2. The van der Waals surface area contributed by atoms with Crippen LogP contribution >= 0.6 is 11.6 Å². The molecular weight excluding hydrogens is 253 g/mol. The van der Waals surface area contributed by atoms with Crippen molar-refractivity contribution in [1.29, 1.82) is 0 Å². The summed E-state index contributed by atoms with van der Waals surface area (Å²) in [6.07, 6.45) is 2.17. The Morgan fingerprint density at radius 3 is 3.11 bits per heavy atom. The lowest BCUT2D eigenvalue weighted by atomic mass is 10.1. The number of hydrogen-bond acceptors (Lipinski definition) is 3. The third kappa shape index (κ3) is 2.09. The van der Waals surface area contributed by atoms with E-state index in [1.165, 1.54) is 6.07 Å². The molecule has 0 saturated heterocycles. The first-order valence-electron chi connectivity index (χ1n) is 5.71. The van der Waals surface area contributed by atoms with Gasteiger partial charge in [0.15, 0.2) is 0 Å². The van der Waals surface area contributed by atoms with Crippen LogP contribution in [0.15, 0.2) is 24.4 Å². The molecule has 0 fully saturated rings. The quantitative estimate of drug-likeness (QED) is 0.905. The number of nitrogens with one attached hydrogen (secondary N) is 1. The number of fused-ring (bicyclic) bond motifs is 1. The Morgan fingerprint density at radius 2 is 2.22 bits per heavy atom. The molecule has 0 amide bonds. The van der Waals surface area contributed by atoms with Gasteiger partial charge in [-0.2, -0.15) is 0 Å². The van der Waals surface area contributed by atoms with Gasteiger partial charge < -0.3 is 5.32 Å². The van der Waals surface area contributed by atoms with Gasteiger partial charge in [-0.15, -0.1) is 0 Å². The van der Waals surface area contributed by atoms with E-state index < -0.39 is 0 Å². The molecule has 0 saturated carbocycles. The lowest BCUT2D eigenvalue weighted by Crippen LogP contribution is -2.03. The summed E-state index contributed by atoms with van der Waals surface area (Å²) in [7, 11) is 0. The summed E-state index contributed by atoms with van der Waals surface area (Å²) in [6.45, 7) is 1.56. The molecule has 0 aliphatic carbocycles. The molecule has 0 spiro atoms. The number of rotatable bonds is 2. The molecule has 1 aliphatic rings. The summed E-state index contributed by atoms with van der Waals surface area (Å²) in [5, 5.41) is 3.34. The number of hydrogen-bond donors (Lipinski definition) is 1. The summed E-state index contributed by atoms with van der Waals surface area (Å²) in [6, 6.07) is 4.97. The monoisotopic (exact) mass is 263 g/mol. The number of benzene rings is 1. The van der Waals surface area contributed by atoms with E-state index in [0.29, 0.717) is 17.8 Å². The van der Waals surface area contributed by atoms with E-state index in [-0.39, 0.29) is 10.8 Å². The predicted octanol–water partition coefficient (Wildman–Crippen LogP) is 2.46. The van der Waals surface area contributed by atoms with Gasteiger partial charge >= 0.3 is 0 Å². The van der Waals surface area contributed by atoms with E-state index in [1.807, 2.05) is 0 Å². The molecule has 1 aromatic heterocycles. The Labute approximate surface area is 109 Å². The van der Waals surface area contributed by atoms with Gasteiger partial charge in [-0.05, 0) is 11.6 Å². The molecule has 0 bridgehead atoms. The van der Waals surface area contributed by atoms with Gasteiger partial charge in [-0.1, -0.05) is 23.7 Å². The van der Waals surface area contributed by atoms with E-state index in [9.17, 15) is 4.39 Å². The molecule has 1 aromatic carbocycles. The molecule has 0 radical (unpaired) electrons. The third-order valence-corrected chi connectivity index (χ3v) is 3.28. The van der Waals surface area contributed by atoms with Gasteiger partial charge in [0.2, 0.25) is 0 Å². The summed E-state index contributed by atoms with van der Waals surface area (Å²) >= 11 is 5.75. The molecule has 0 unspecified atom stereocenters. The minimum absolute atomic E-state index is 0.135. The average molecular weight is 264 g/mol. The van der Waals surface area contributed by atoms with Crippen LogP contribution in [0.2, 0.25) is 5.02 Å². The highest BCUT2D eigenvalue weighted by molar-refractivity contribution is 6.30. The fraction of sp³-hybridized carbons (Fsp3) is 0.231. The second-order valence-corrected chi connectivity index (χ2v) is 4.66. The van der Waals surface area contributed by atoms with E-state index in [0.717, 1.165) is 24.3 Å². The predicted molar refractivity (Wildman–Crippen MR) is 66.8 cm³/mol. The molecule has 0 atom stereocenters. The van der Waals surface area contributed by atoms with Crippen molar-refractivity contribution in [3.05, 3.63) is 57.9 Å². The normalized spacial score (nSPS) is 13.7. The van der Waals surface area contributed by atoms with E-state index in [1.54, 1.807) is 18.3 Å². The molecule has 92 valence electrons. The molecule has 3 rings (SSSR count). The van der Waals surface area contributed by atoms with Crippen molar-refractivity contribution in [1.82, 2.24) is 15.3 Å². The Morgan fingerprint density at radius 1 is 1.33 bits per heavy atom. The highest BCUT2D eigenvalue weighted by Gasteiger charge is 2.14. The maximum atomic E-state index is 13.8. The molecule has 1 N–H and O–H groups in total. The minimum Gasteiger partial charge on any atom is -0.307 e. The van der Waals surface area contributed by atoms with Gasteiger partial charge in [0.1, 0.15) is 11.6 Å². The maximum absolute atomic E-state index is 13.8. The van der Waals surface area contributed by atoms with Gasteiger partial charge in [0, 0.05) is 31.3 Å². The topological polar surface area (TPSA) is 37.8 Å². The van der Waals surface area contributed by atoms with Crippen LogP contribution in [0.1, 0.15) is 22.6 Å². The highest BCUT2D eigenvalue weighted by atomic mass is 35.5. The van der Waals surface area contributed by atoms with E-state index in [4.69, 9.17) is 11.6 Å². The molecule has 2 heterocycles. The summed E-state index contributed by atoms with van der Waals surface area (Å²) in [4.78, 5) is 8.69. The molecular formula is C13H11ClFN3. The molecule has 1 aliphatic heterocycles. The van der Waals surface area contributed by atoms with Gasteiger partial charge in [0.05, 0.1) is 10.7 Å². The van der Waals surface area contributed by atoms with Crippen molar-refractivity contribution < 1.29 is 4.39 Å². The first kappa shape index (κ1) is 11.6. The van der Waals surface area contributed by atoms with Gasteiger partial charge in [-0.25, -0.2) is 14.4 Å². The summed E-state index contributed by atoms with van der Waals surface area (Å²) in [5.74, 6) is 0.236. The zero-order chi connectivity index (χ0) is 12.5. The highest BCUT2D eigenvalue weighted by Crippen LogP contribution is 2.20. The van der Waals surface area contributed by atoms with Crippen molar-refractivity contribution in [2.24, 2.45) is 0 Å². The second-order valence-electron chi connectivity index (χ2n) is 4.25. The summed E-state index contributed by atoms with van der Waals surface area (Å²) in [5.41, 5.74) is 2.64. The fourth-order valence-electron chi connectivity index (χ4n) is 2.04. The Balaban J connectivity index is 1.90. The fourth-order valence-corrected chi connectivity index (χ4v) is 2.23. The van der Waals surface area contributed by atoms with Crippen LogP contribution in [-0.2, 0) is 19.5 Å². The SMILES string of the molecule is Fc1c(Cl)cccc1Cc1ncc2c(n1)CNC2. The zero-order valence-electron chi connectivity index (χ0n) is 9.58. The second kappa shape index (κ2) is 4.63. The third-order valence-electron chi connectivity index (χ3n) is 2.99.